The minimum absolute atomic E-state index is 0.0561. The summed E-state index contributed by atoms with van der Waals surface area (Å²) < 4.78 is 5.24. The van der Waals surface area contributed by atoms with Crippen LogP contribution in [0.1, 0.15) is 22.8 Å². The summed E-state index contributed by atoms with van der Waals surface area (Å²) in [6.07, 6.45) is 0.458. The van der Waals surface area contributed by atoms with E-state index in [0.29, 0.717) is 23.3 Å². The van der Waals surface area contributed by atoms with E-state index < -0.39 is 0 Å². The molecule has 0 aliphatic carbocycles. The summed E-state index contributed by atoms with van der Waals surface area (Å²) in [5.41, 5.74) is 1.38. The third-order valence-corrected chi connectivity index (χ3v) is 3.45. The van der Waals surface area contributed by atoms with E-state index in [-0.39, 0.29) is 30.7 Å². The molecule has 0 bridgehead atoms. The lowest BCUT2D eigenvalue weighted by molar-refractivity contribution is 0.0929. The van der Waals surface area contributed by atoms with Crippen LogP contribution in [0, 0.1) is 5.92 Å². The highest BCUT2D eigenvalue weighted by molar-refractivity contribution is 5.97. The molecule has 0 heterocycles. The van der Waals surface area contributed by atoms with Crippen LogP contribution in [0.4, 0.5) is 0 Å². The molecule has 4 heteroatoms. The van der Waals surface area contributed by atoms with Gasteiger partial charge in [0.2, 0.25) is 0 Å². The van der Waals surface area contributed by atoms with Crippen molar-refractivity contribution in [1.29, 1.82) is 0 Å². The van der Waals surface area contributed by atoms with E-state index in [1.807, 2.05) is 25.1 Å². The summed E-state index contributed by atoms with van der Waals surface area (Å²) in [6.45, 7) is 1.96. The zero-order valence-electron chi connectivity index (χ0n) is 12.5. The van der Waals surface area contributed by atoms with Crippen molar-refractivity contribution >= 4 is 5.78 Å². The molecule has 0 saturated heterocycles. The summed E-state index contributed by atoms with van der Waals surface area (Å²) in [5.74, 6) is 0.429. The number of ketones is 1. The Hall–Kier alpha value is -2.33. The van der Waals surface area contributed by atoms with Crippen LogP contribution in [-0.4, -0.2) is 29.2 Å². The second-order valence-corrected chi connectivity index (χ2v) is 5.20. The van der Waals surface area contributed by atoms with Crippen LogP contribution >= 0.6 is 0 Å². The number of rotatable bonds is 7. The molecule has 4 nitrogen and oxygen atoms in total. The van der Waals surface area contributed by atoms with E-state index in [4.69, 9.17) is 9.84 Å². The van der Waals surface area contributed by atoms with Gasteiger partial charge in [0, 0.05) is 17.5 Å². The van der Waals surface area contributed by atoms with Crippen LogP contribution in [0.15, 0.2) is 48.5 Å². The smallest absolute Gasteiger partial charge is 0.165 e. The first-order valence-electron chi connectivity index (χ1n) is 7.26. The molecule has 0 spiro atoms. The fourth-order valence-corrected chi connectivity index (χ4v) is 2.28. The van der Waals surface area contributed by atoms with Gasteiger partial charge in [0.1, 0.15) is 18.1 Å². The number of aliphatic hydroxyl groups is 1. The van der Waals surface area contributed by atoms with Gasteiger partial charge in [-0.05, 0) is 18.1 Å². The molecule has 0 aliphatic heterocycles. The molecule has 0 aliphatic rings. The van der Waals surface area contributed by atoms with Gasteiger partial charge < -0.3 is 14.9 Å². The zero-order valence-corrected chi connectivity index (χ0v) is 12.5. The number of aromatic hydroxyl groups is 1. The molecule has 1 unspecified atom stereocenters. The Kier molecular flexibility index (Phi) is 5.55. The van der Waals surface area contributed by atoms with Crippen molar-refractivity contribution in [3.05, 3.63) is 59.7 Å². The van der Waals surface area contributed by atoms with Crippen molar-refractivity contribution in [2.24, 2.45) is 5.92 Å². The molecule has 116 valence electrons. The third kappa shape index (κ3) is 4.09. The van der Waals surface area contributed by atoms with Crippen molar-refractivity contribution in [3.63, 3.8) is 0 Å². The maximum atomic E-state index is 12.3. The lowest BCUT2D eigenvalue weighted by atomic mass is 9.92. The molecule has 22 heavy (non-hydrogen) atoms. The van der Waals surface area contributed by atoms with Gasteiger partial charge in [0.05, 0.1) is 6.61 Å². The topological polar surface area (TPSA) is 66.8 Å². The fourth-order valence-electron chi connectivity index (χ4n) is 2.28. The van der Waals surface area contributed by atoms with Gasteiger partial charge >= 0.3 is 0 Å². The standard InChI is InChI=1S/C18H20O4/c1-13(18(21)14-5-3-2-4-6-14)11-15-7-8-16(12-17(15)20)22-10-9-19/h2-8,12-13,19-20H,9-11H2,1H3. The van der Waals surface area contributed by atoms with E-state index in [1.54, 1.807) is 24.3 Å². The molecular formula is C18H20O4. The summed E-state index contributed by atoms with van der Waals surface area (Å²) in [6, 6.07) is 14.1. The first kappa shape index (κ1) is 16.0. The van der Waals surface area contributed by atoms with Crippen LogP contribution in [0.3, 0.4) is 0 Å². The number of phenols is 1. The zero-order chi connectivity index (χ0) is 15.9. The number of benzene rings is 2. The molecule has 2 N–H and O–H groups in total. The second kappa shape index (κ2) is 7.61. The Labute approximate surface area is 130 Å². The molecule has 2 aromatic carbocycles. The molecule has 0 saturated carbocycles. The highest BCUT2D eigenvalue weighted by Crippen LogP contribution is 2.26. The van der Waals surface area contributed by atoms with Gasteiger partial charge in [-0.15, -0.1) is 0 Å². The van der Waals surface area contributed by atoms with Gasteiger partial charge in [0.25, 0.3) is 0 Å². The average Bonchev–Trinajstić information content (AvgIpc) is 2.55. The number of hydrogen-bond acceptors (Lipinski definition) is 4. The normalized spacial score (nSPS) is 11.9. The maximum Gasteiger partial charge on any atom is 0.165 e. The monoisotopic (exact) mass is 300 g/mol. The largest absolute Gasteiger partial charge is 0.508 e. The number of carbonyl (C=O) groups excluding carboxylic acids is 1. The van der Waals surface area contributed by atoms with Crippen LogP contribution < -0.4 is 4.74 Å². The minimum Gasteiger partial charge on any atom is -0.508 e. The van der Waals surface area contributed by atoms with Crippen LogP contribution in [-0.2, 0) is 6.42 Å². The summed E-state index contributed by atoms with van der Waals surface area (Å²) >= 11 is 0. The van der Waals surface area contributed by atoms with E-state index in [0.717, 1.165) is 0 Å². The highest BCUT2D eigenvalue weighted by atomic mass is 16.5. The van der Waals surface area contributed by atoms with E-state index >= 15 is 0 Å². The van der Waals surface area contributed by atoms with Gasteiger partial charge in [-0.3, -0.25) is 4.79 Å². The fraction of sp³-hybridized carbons (Fsp3) is 0.278. The maximum absolute atomic E-state index is 12.3. The Balaban J connectivity index is 2.05. The molecule has 1 atom stereocenters. The lowest BCUT2D eigenvalue weighted by Gasteiger charge is -2.13. The third-order valence-electron chi connectivity index (χ3n) is 3.45. The summed E-state index contributed by atoms with van der Waals surface area (Å²) in [7, 11) is 0. The number of aliphatic hydroxyl groups excluding tert-OH is 1. The number of carbonyl (C=O) groups is 1. The van der Waals surface area contributed by atoms with Crippen LogP contribution in [0.5, 0.6) is 11.5 Å². The summed E-state index contributed by atoms with van der Waals surface area (Å²) in [5, 5.41) is 18.8. The molecule has 0 fully saturated rings. The van der Waals surface area contributed by atoms with Crippen molar-refractivity contribution in [2.75, 3.05) is 13.2 Å². The van der Waals surface area contributed by atoms with Gasteiger partial charge in [-0.25, -0.2) is 0 Å². The van der Waals surface area contributed by atoms with Crippen molar-refractivity contribution in [2.45, 2.75) is 13.3 Å². The average molecular weight is 300 g/mol. The predicted octanol–water partition coefficient (Wildman–Crippen LogP) is 2.82. The predicted molar refractivity (Wildman–Crippen MR) is 84.3 cm³/mol. The molecule has 0 radical (unpaired) electrons. The number of hydrogen-bond donors (Lipinski definition) is 2. The second-order valence-electron chi connectivity index (χ2n) is 5.20. The van der Waals surface area contributed by atoms with Crippen molar-refractivity contribution in [1.82, 2.24) is 0 Å². The SMILES string of the molecule is CC(Cc1ccc(OCCO)cc1O)C(=O)c1ccccc1. The van der Waals surface area contributed by atoms with Crippen LogP contribution in [0.2, 0.25) is 0 Å². The van der Waals surface area contributed by atoms with Crippen LogP contribution in [0.25, 0.3) is 0 Å². The Bertz CT molecular complexity index is 622. The Morgan fingerprint density at radius 1 is 1.18 bits per heavy atom. The molecule has 0 amide bonds. The Morgan fingerprint density at radius 3 is 2.55 bits per heavy atom. The highest BCUT2D eigenvalue weighted by Gasteiger charge is 2.17. The quantitative estimate of drug-likeness (QED) is 0.772. The molecule has 2 aromatic rings. The Morgan fingerprint density at radius 2 is 1.91 bits per heavy atom. The van der Waals surface area contributed by atoms with Gasteiger partial charge in [0.15, 0.2) is 5.78 Å². The first-order chi connectivity index (χ1) is 10.6. The minimum atomic E-state index is -0.225. The summed E-state index contributed by atoms with van der Waals surface area (Å²) in [4.78, 5) is 12.3. The number of Topliss-reactive ketones (excluding diaryl/α,β-unsaturated/α-hetero) is 1. The molecule has 2 rings (SSSR count). The van der Waals surface area contributed by atoms with E-state index in [1.165, 1.54) is 6.07 Å². The van der Waals surface area contributed by atoms with Gasteiger partial charge in [-0.1, -0.05) is 43.3 Å². The number of ether oxygens (including phenoxy) is 1. The molecule has 0 aromatic heterocycles. The van der Waals surface area contributed by atoms with Crippen molar-refractivity contribution in [3.8, 4) is 11.5 Å². The molecular weight excluding hydrogens is 280 g/mol. The number of phenolic OH excluding ortho intramolecular Hbond substituents is 1. The van der Waals surface area contributed by atoms with Gasteiger partial charge in [-0.2, -0.15) is 0 Å². The van der Waals surface area contributed by atoms with E-state index in [9.17, 15) is 9.90 Å². The lowest BCUT2D eigenvalue weighted by Crippen LogP contribution is -2.14. The van der Waals surface area contributed by atoms with Crippen molar-refractivity contribution < 1.29 is 19.7 Å². The van der Waals surface area contributed by atoms with E-state index in [2.05, 4.69) is 0 Å². The first-order valence-corrected chi connectivity index (χ1v) is 7.26.